The van der Waals surface area contributed by atoms with E-state index in [-0.39, 0.29) is 111 Å². The summed E-state index contributed by atoms with van der Waals surface area (Å²) in [7, 11) is -4.02. The average Bonchev–Trinajstić information content (AvgIpc) is 1.88. The van der Waals surface area contributed by atoms with E-state index in [1.807, 2.05) is 0 Å². The molecule has 0 heterocycles. The molecule has 1 rings (SSSR count). The van der Waals surface area contributed by atoms with Crippen molar-refractivity contribution in [2.75, 3.05) is 0 Å². The van der Waals surface area contributed by atoms with Gasteiger partial charge in [-0.1, -0.05) is 18.2 Å². The van der Waals surface area contributed by atoms with Gasteiger partial charge in [0, 0.05) is 0 Å². The first-order valence-corrected chi connectivity index (χ1v) is 4.33. The molecule has 3 nitrogen and oxygen atoms in total. The van der Waals surface area contributed by atoms with Crippen LogP contribution in [0.1, 0.15) is 2.85 Å². The van der Waals surface area contributed by atoms with Gasteiger partial charge in [-0.15, -0.1) is 0 Å². The van der Waals surface area contributed by atoms with E-state index in [0.29, 0.717) is 0 Å². The molecule has 0 saturated carbocycles. The summed E-state index contributed by atoms with van der Waals surface area (Å²) in [6, 6.07) is 7.70. The van der Waals surface area contributed by atoms with Crippen molar-refractivity contribution in [3.63, 3.8) is 0 Å². The van der Waals surface area contributed by atoms with Gasteiger partial charge in [-0.25, -0.2) is 0 Å². The maximum absolute atomic E-state index is 10.5. The SMILES string of the molecule is O=P(O)(O)c1ccccc1.[H-].[H-].[K+].[K+]. The van der Waals surface area contributed by atoms with Crippen molar-refractivity contribution in [3.05, 3.63) is 30.3 Å². The Morgan fingerprint density at radius 1 is 1.08 bits per heavy atom. The third kappa shape index (κ3) is 6.19. The molecule has 6 heteroatoms. The maximum Gasteiger partial charge on any atom is 1.00 e. The zero-order chi connectivity index (χ0) is 7.61. The summed E-state index contributed by atoms with van der Waals surface area (Å²) in [4.78, 5) is 17.2. The molecule has 0 fully saturated rings. The molecule has 0 aliphatic carbocycles. The second-order valence-electron chi connectivity index (χ2n) is 1.88. The van der Waals surface area contributed by atoms with Crippen LogP contribution in [-0.4, -0.2) is 9.79 Å². The van der Waals surface area contributed by atoms with Crippen molar-refractivity contribution < 1.29 is 120 Å². The predicted octanol–water partition coefficient (Wildman–Crippen LogP) is -5.28. The van der Waals surface area contributed by atoms with Gasteiger partial charge in [-0.05, 0) is 12.1 Å². The van der Waals surface area contributed by atoms with Crippen LogP contribution in [0.4, 0.5) is 0 Å². The molecule has 0 unspecified atom stereocenters. The fourth-order valence-corrected chi connectivity index (χ4v) is 1.18. The fraction of sp³-hybridized carbons (Fsp3) is 0. The molecule has 0 saturated heterocycles. The van der Waals surface area contributed by atoms with Crippen LogP contribution in [0.15, 0.2) is 30.3 Å². The second kappa shape index (κ2) is 7.87. The smallest absolute Gasteiger partial charge is 1.00 e. The molecule has 0 aliphatic rings. The van der Waals surface area contributed by atoms with Crippen LogP contribution in [0.5, 0.6) is 0 Å². The number of hydrogen-bond donors (Lipinski definition) is 2. The molecule has 0 spiro atoms. The van der Waals surface area contributed by atoms with Gasteiger partial charge < -0.3 is 12.6 Å². The van der Waals surface area contributed by atoms with E-state index in [1.165, 1.54) is 12.1 Å². The van der Waals surface area contributed by atoms with Gasteiger partial charge in [0.1, 0.15) is 0 Å². The van der Waals surface area contributed by atoms with Crippen LogP contribution in [0, 0.1) is 0 Å². The zero-order valence-corrected chi connectivity index (χ0v) is 14.3. The third-order valence-corrected chi connectivity index (χ3v) is 2.06. The Morgan fingerprint density at radius 3 is 1.75 bits per heavy atom. The van der Waals surface area contributed by atoms with Crippen LogP contribution < -0.4 is 108 Å². The first-order valence-electron chi connectivity index (χ1n) is 2.72. The van der Waals surface area contributed by atoms with Crippen molar-refractivity contribution >= 4 is 12.9 Å². The summed E-state index contributed by atoms with van der Waals surface area (Å²) < 4.78 is 10.5. The third-order valence-electron chi connectivity index (χ3n) is 1.09. The predicted molar refractivity (Wildman–Crippen MR) is 40.3 cm³/mol. The van der Waals surface area contributed by atoms with Crippen molar-refractivity contribution in [1.82, 2.24) is 0 Å². The molecule has 0 radical (unpaired) electrons. The molecule has 1 aromatic carbocycles. The van der Waals surface area contributed by atoms with E-state index in [9.17, 15) is 4.57 Å². The largest absolute Gasteiger partial charge is 1.00 e. The van der Waals surface area contributed by atoms with Gasteiger partial charge >= 0.3 is 110 Å². The first kappa shape index (κ1) is 17.1. The molecular formula is C6H9K2O3P. The van der Waals surface area contributed by atoms with Gasteiger partial charge in [-0.3, -0.25) is 4.57 Å². The van der Waals surface area contributed by atoms with Crippen LogP contribution >= 0.6 is 7.60 Å². The Kier molecular flexibility index (Phi) is 11.2. The second-order valence-corrected chi connectivity index (χ2v) is 3.48. The van der Waals surface area contributed by atoms with Crippen molar-refractivity contribution in [1.29, 1.82) is 0 Å². The maximum atomic E-state index is 10.5. The zero-order valence-electron chi connectivity index (χ0n) is 9.14. The van der Waals surface area contributed by atoms with Crippen LogP contribution in [-0.2, 0) is 4.57 Å². The van der Waals surface area contributed by atoms with Gasteiger partial charge in [-0.2, -0.15) is 0 Å². The van der Waals surface area contributed by atoms with Gasteiger partial charge in [0.15, 0.2) is 0 Å². The molecule has 58 valence electrons. The summed E-state index contributed by atoms with van der Waals surface area (Å²) in [5, 5.41) is 0.0648. The summed E-state index contributed by atoms with van der Waals surface area (Å²) in [5.41, 5.74) is 0. The Bertz CT molecular complexity index is 267. The molecule has 1 aromatic rings. The van der Waals surface area contributed by atoms with Crippen molar-refractivity contribution in [2.24, 2.45) is 0 Å². The van der Waals surface area contributed by atoms with Crippen LogP contribution in [0.25, 0.3) is 0 Å². The van der Waals surface area contributed by atoms with E-state index in [4.69, 9.17) is 9.79 Å². The molecule has 0 amide bonds. The van der Waals surface area contributed by atoms with E-state index >= 15 is 0 Å². The molecule has 0 bridgehead atoms. The van der Waals surface area contributed by atoms with Crippen LogP contribution in [0.3, 0.4) is 0 Å². The van der Waals surface area contributed by atoms with E-state index < -0.39 is 7.60 Å². The quantitative estimate of drug-likeness (QED) is 0.380. The molecule has 0 aromatic heterocycles. The minimum atomic E-state index is -4.02. The molecule has 0 atom stereocenters. The van der Waals surface area contributed by atoms with Crippen LogP contribution in [0.2, 0.25) is 0 Å². The minimum absolute atomic E-state index is 0. The van der Waals surface area contributed by atoms with Crippen molar-refractivity contribution in [3.8, 4) is 0 Å². The summed E-state index contributed by atoms with van der Waals surface area (Å²) in [6.07, 6.45) is 0. The Hall–Kier alpha value is 2.64. The van der Waals surface area contributed by atoms with Gasteiger partial charge in [0.05, 0.1) is 5.30 Å². The Labute approximate surface area is 159 Å². The molecule has 0 aliphatic heterocycles. The normalized spacial score (nSPS) is 9.50. The summed E-state index contributed by atoms with van der Waals surface area (Å²) >= 11 is 0. The Morgan fingerprint density at radius 2 is 1.50 bits per heavy atom. The standard InChI is InChI=1S/C6H7O3P.2K.2H/c7-10(8,9)6-4-2-1-3-5-6;;;;/h1-5H,(H2,7,8,9);;;;/q;2*+1;2*-1. The monoisotopic (exact) mass is 238 g/mol. The van der Waals surface area contributed by atoms with E-state index in [0.717, 1.165) is 0 Å². The van der Waals surface area contributed by atoms with E-state index in [1.54, 1.807) is 18.2 Å². The molecule has 12 heavy (non-hydrogen) atoms. The number of rotatable bonds is 1. The van der Waals surface area contributed by atoms with Gasteiger partial charge in [0.25, 0.3) is 0 Å². The van der Waals surface area contributed by atoms with Gasteiger partial charge in [0.2, 0.25) is 0 Å². The molecular weight excluding hydrogens is 229 g/mol. The molecule has 2 N–H and O–H groups in total. The topological polar surface area (TPSA) is 57.5 Å². The first-order chi connectivity index (χ1) is 4.61. The number of hydrogen-bond acceptors (Lipinski definition) is 1. The summed E-state index contributed by atoms with van der Waals surface area (Å²) in [6.45, 7) is 0. The number of benzene rings is 1. The summed E-state index contributed by atoms with van der Waals surface area (Å²) in [5.74, 6) is 0. The fourth-order valence-electron chi connectivity index (χ4n) is 0.622. The average molecular weight is 238 g/mol. The van der Waals surface area contributed by atoms with E-state index in [2.05, 4.69) is 0 Å². The van der Waals surface area contributed by atoms with Crippen molar-refractivity contribution in [2.45, 2.75) is 0 Å². The minimum Gasteiger partial charge on any atom is -1.00 e. The Balaban J connectivity index is -0.000000125.